The molecule has 0 aromatic carbocycles. The van der Waals surface area contributed by atoms with Crippen LogP contribution in [0, 0.1) is 0 Å². The Hall–Kier alpha value is -0.380. The Morgan fingerprint density at radius 1 is 0.938 bits per heavy atom. The topological polar surface area (TPSA) is 43.4 Å². The maximum Gasteiger partial charge on any atom is 0.302 e. The van der Waals surface area contributed by atoms with Crippen molar-refractivity contribution in [1.82, 2.24) is 0 Å². The molecule has 0 amide bonds. The van der Waals surface area contributed by atoms with E-state index in [1.54, 1.807) is 0 Å². The van der Waals surface area contributed by atoms with Crippen LogP contribution in [0.1, 0.15) is 58.3 Å². The molecule has 0 N–H and O–H groups in total. The Kier molecular flexibility index (Phi) is 10.9. The van der Waals surface area contributed by atoms with Crippen LogP contribution in [0.2, 0.25) is 0 Å². The lowest BCUT2D eigenvalue weighted by atomic mass is 10.1. The molecule has 0 aromatic rings. The van der Waals surface area contributed by atoms with Gasteiger partial charge >= 0.3 is 5.97 Å². The summed E-state index contributed by atoms with van der Waals surface area (Å²) < 4.78 is 4.94. The SMILES string of the molecule is CC(=O)OCCCCCCCCCC(=O)Br. The van der Waals surface area contributed by atoms with Gasteiger partial charge in [-0.05, 0) is 28.8 Å². The number of rotatable bonds is 10. The number of carbonyl (C=O) groups is 2. The van der Waals surface area contributed by atoms with Crippen molar-refractivity contribution in [2.24, 2.45) is 0 Å². The van der Waals surface area contributed by atoms with Crippen molar-refractivity contribution in [3.8, 4) is 0 Å². The van der Waals surface area contributed by atoms with Crippen LogP contribution in [0.4, 0.5) is 0 Å². The first-order valence-corrected chi connectivity index (χ1v) is 6.74. The van der Waals surface area contributed by atoms with E-state index in [4.69, 9.17) is 4.74 Å². The van der Waals surface area contributed by atoms with Crippen molar-refractivity contribution in [3.05, 3.63) is 0 Å². The van der Waals surface area contributed by atoms with Gasteiger partial charge in [-0.15, -0.1) is 0 Å². The molecule has 0 fully saturated rings. The van der Waals surface area contributed by atoms with Gasteiger partial charge in [0.2, 0.25) is 0 Å². The summed E-state index contributed by atoms with van der Waals surface area (Å²) in [6.07, 6.45) is 8.41. The zero-order chi connectivity index (χ0) is 12.2. The van der Waals surface area contributed by atoms with Crippen LogP contribution in [0.25, 0.3) is 0 Å². The lowest BCUT2D eigenvalue weighted by molar-refractivity contribution is -0.141. The highest BCUT2D eigenvalue weighted by molar-refractivity contribution is 9.18. The Morgan fingerprint density at radius 3 is 1.94 bits per heavy atom. The monoisotopic (exact) mass is 292 g/mol. The lowest BCUT2D eigenvalue weighted by Gasteiger charge is -2.02. The van der Waals surface area contributed by atoms with Crippen LogP contribution in [0.3, 0.4) is 0 Å². The maximum atomic E-state index is 10.6. The average molecular weight is 293 g/mol. The van der Waals surface area contributed by atoms with Gasteiger partial charge in [0.15, 0.2) is 4.69 Å². The molecule has 0 spiro atoms. The van der Waals surface area contributed by atoms with Crippen molar-refractivity contribution in [2.45, 2.75) is 58.3 Å². The number of esters is 1. The molecule has 0 aliphatic carbocycles. The summed E-state index contributed by atoms with van der Waals surface area (Å²) in [6.45, 7) is 1.98. The Labute approximate surface area is 106 Å². The molecule has 0 bridgehead atoms. The van der Waals surface area contributed by atoms with Crippen molar-refractivity contribution in [2.75, 3.05) is 6.61 Å². The smallest absolute Gasteiger partial charge is 0.302 e. The zero-order valence-corrected chi connectivity index (χ0v) is 11.6. The molecule has 0 radical (unpaired) electrons. The van der Waals surface area contributed by atoms with E-state index in [1.165, 1.54) is 26.2 Å². The van der Waals surface area contributed by atoms with Crippen molar-refractivity contribution in [1.29, 1.82) is 0 Å². The zero-order valence-electron chi connectivity index (χ0n) is 9.97. The highest BCUT2D eigenvalue weighted by atomic mass is 79.9. The predicted molar refractivity (Wildman–Crippen MR) is 67.5 cm³/mol. The number of ether oxygens (including phenoxy) is 1. The second-order valence-electron chi connectivity index (χ2n) is 3.92. The van der Waals surface area contributed by atoms with Crippen LogP contribution < -0.4 is 0 Å². The molecule has 0 aliphatic rings. The van der Waals surface area contributed by atoms with Gasteiger partial charge < -0.3 is 4.74 Å². The minimum Gasteiger partial charge on any atom is -0.466 e. The van der Waals surface area contributed by atoms with Crippen molar-refractivity contribution < 1.29 is 14.3 Å². The van der Waals surface area contributed by atoms with Crippen molar-refractivity contribution in [3.63, 3.8) is 0 Å². The van der Waals surface area contributed by atoms with Gasteiger partial charge in [-0.25, -0.2) is 0 Å². The molecule has 0 saturated heterocycles. The Morgan fingerprint density at radius 2 is 1.44 bits per heavy atom. The summed E-state index contributed by atoms with van der Waals surface area (Å²) in [5, 5.41) is 0. The van der Waals surface area contributed by atoms with E-state index in [9.17, 15) is 9.59 Å². The van der Waals surface area contributed by atoms with Gasteiger partial charge in [0, 0.05) is 13.3 Å². The fourth-order valence-electron chi connectivity index (χ4n) is 1.47. The quantitative estimate of drug-likeness (QED) is 0.351. The standard InChI is InChI=1S/C12H21BrO3/c1-11(14)16-10-8-6-4-2-3-5-7-9-12(13)15/h2-10H2,1H3. The molecule has 0 rings (SSSR count). The first-order chi connectivity index (χ1) is 7.63. The second-order valence-corrected chi connectivity index (χ2v) is 4.80. The third kappa shape index (κ3) is 13.6. The van der Waals surface area contributed by atoms with E-state index in [1.807, 2.05) is 0 Å². The van der Waals surface area contributed by atoms with Crippen molar-refractivity contribution >= 4 is 26.6 Å². The molecule has 4 heteroatoms. The van der Waals surface area contributed by atoms with E-state index >= 15 is 0 Å². The maximum absolute atomic E-state index is 10.6. The minimum atomic E-state index is -0.195. The highest BCUT2D eigenvalue weighted by Gasteiger charge is 1.96. The molecule has 0 unspecified atom stereocenters. The summed E-state index contributed by atoms with van der Waals surface area (Å²) in [6, 6.07) is 0. The highest BCUT2D eigenvalue weighted by Crippen LogP contribution is 2.09. The number of unbranched alkanes of at least 4 members (excludes halogenated alkanes) is 6. The summed E-state index contributed by atoms with van der Waals surface area (Å²) in [5.74, 6) is -0.195. The molecule has 0 heterocycles. The molecule has 0 atom stereocenters. The van der Waals surface area contributed by atoms with Gasteiger partial charge in [0.1, 0.15) is 0 Å². The Balaban J connectivity index is 2.98. The van der Waals surface area contributed by atoms with Gasteiger partial charge in [-0.1, -0.05) is 32.1 Å². The molecular weight excluding hydrogens is 272 g/mol. The molecular formula is C12H21BrO3. The lowest BCUT2D eigenvalue weighted by Crippen LogP contribution is -2.00. The van der Waals surface area contributed by atoms with E-state index in [0.29, 0.717) is 13.0 Å². The third-order valence-corrected chi connectivity index (χ3v) is 2.72. The predicted octanol–water partition coefficient (Wildman–Crippen LogP) is 3.59. The van der Waals surface area contributed by atoms with Gasteiger partial charge in [0.25, 0.3) is 0 Å². The molecule has 0 aromatic heterocycles. The van der Waals surface area contributed by atoms with Crippen LogP contribution in [0.15, 0.2) is 0 Å². The van der Waals surface area contributed by atoms with Crippen LogP contribution in [0.5, 0.6) is 0 Å². The summed E-state index contributed by atoms with van der Waals surface area (Å²) in [4.78, 5) is 21.0. The van der Waals surface area contributed by atoms with Gasteiger partial charge in [-0.3, -0.25) is 9.59 Å². The van der Waals surface area contributed by atoms with Gasteiger partial charge in [-0.2, -0.15) is 0 Å². The molecule has 94 valence electrons. The number of hydrogen-bond acceptors (Lipinski definition) is 3. The van der Waals surface area contributed by atoms with E-state index in [2.05, 4.69) is 15.9 Å². The largest absolute Gasteiger partial charge is 0.466 e. The van der Waals surface area contributed by atoms with E-state index in [0.717, 1.165) is 25.7 Å². The van der Waals surface area contributed by atoms with E-state index in [-0.39, 0.29) is 10.7 Å². The number of halogens is 1. The fourth-order valence-corrected chi connectivity index (χ4v) is 1.75. The summed E-state index contributed by atoms with van der Waals surface area (Å²) in [5.41, 5.74) is 0. The number of hydrogen-bond donors (Lipinski definition) is 0. The van der Waals surface area contributed by atoms with E-state index < -0.39 is 0 Å². The fraction of sp³-hybridized carbons (Fsp3) is 0.833. The van der Waals surface area contributed by atoms with Crippen LogP contribution in [-0.4, -0.2) is 17.3 Å². The molecule has 3 nitrogen and oxygen atoms in total. The normalized spacial score (nSPS) is 10.1. The summed E-state index contributed by atoms with van der Waals surface area (Å²) in [7, 11) is 0. The molecule has 0 aliphatic heterocycles. The molecule has 0 saturated carbocycles. The molecule has 16 heavy (non-hydrogen) atoms. The third-order valence-electron chi connectivity index (χ3n) is 2.32. The van der Waals surface area contributed by atoms with Gasteiger partial charge in [0.05, 0.1) is 6.61 Å². The van der Waals surface area contributed by atoms with Crippen LogP contribution in [-0.2, 0) is 14.3 Å². The first-order valence-electron chi connectivity index (χ1n) is 5.94. The minimum absolute atomic E-state index is 0.105. The number of carbonyl (C=O) groups excluding carboxylic acids is 2. The second kappa shape index (κ2) is 11.1. The Bertz CT molecular complexity index is 182. The first kappa shape index (κ1) is 15.6. The summed E-state index contributed by atoms with van der Waals surface area (Å²) >= 11 is 2.92. The average Bonchev–Trinajstić information content (AvgIpc) is 2.20. The van der Waals surface area contributed by atoms with Crippen LogP contribution >= 0.6 is 15.9 Å².